The van der Waals surface area contributed by atoms with E-state index < -0.39 is 0 Å². The SMILES string of the molecule is CCC[CH]OC(=O)C(C)c1ccccc1. The minimum atomic E-state index is -0.195. The monoisotopic (exact) mass is 205 g/mol. The van der Waals surface area contributed by atoms with Crippen LogP contribution in [0.5, 0.6) is 0 Å². The van der Waals surface area contributed by atoms with Crippen LogP contribution in [0.2, 0.25) is 0 Å². The van der Waals surface area contributed by atoms with E-state index in [1.54, 1.807) is 6.61 Å². The average Bonchev–Trinajstić information content (AvgIpc) is 2.29. The number of hydrogen-bond donors (Lipinski definition) is 0. The number of benzene rings is 1. The molecule has 0 saturated heterocycles. The Hall–Kier alpha value is -1.31. The van der Waals surface area contributed by atoms with Crippen LogP contribution in [0.1, 0.15) is 38.2 Å². The normalized spacial score (nSPS) is 12.1. The third kappa shape index (κ3) is 3.74. The number of carbonyl (C=O) groups excluding carboxylic acids is 1. The van der Waals surface area contributed by atoms with Gasteiger partial charge >= 0.3 is 5.97 Å². The maximum absolute atomic E-state index is 11.6. The molecule has 1 atom stereocenters. The Kier molecular flexibility index (Phi) is 4.88. The lowest BCUT2D eigenvalue weighted by molar-refractivity contribution is -0.141. The van der Waals surface area contributed by atoms with E-state index in [-0.39, 0.29) is 11.9 Å². The van der Waals surface area contributed by atoms with Gasteiger partial charge in [0.1, 0.15) is 6.61 Å². The van der Waals surface area contributed by atoms with Gasteiger partial charge in [0.2, 0.25) is 0 Å². The maximum atomic E-state index is 11.6. The van der Waals surface area contributed by atoms with E-state index in [0.717, 1.165) is 18.4 Å². The standard InChI is InChI=1S/C13H17O2/c1-3-4-10-15-13(14)11(2)12-8-6-5-7-9-12/h5-11H,3-4H2,1-2H3. The summed E-state index contributed by atoms with van der Waals surface area (Å²) in [5, 5.41) is 0. The molecule has 0 fully saturated rings. The first-order chi connectivity index (χ1) is 7.25. The van der Waals surface area contributed by atoms with Crippen molar-refractivity contribution >= 4 is 5.97 Å². The Balaban J connectivity index is 2.46. The Labute approximate surface area is 91.3 Å². The lowest BCUT2D eigenvalue weighted by Gasteiger charge is -2.10. The molecule has 1 rings (SSSR count). The van der Waals surface area contributed by atoms with Crippen molar-refractivity contribution in [1.29, 1.82) is 0 Å². The number of carbonyl (C=O) groups is 1. The van der Waals surface area contributed by atoms with Crippen molar-refractivity contribution < 1.29 is 9.53 Å². The molecule has 0 bridgehead atoms. The quantitative estimate of drug-likeness (QED) is 0.544. The summed E-state index contributed by atoms with van der Waals surface area (Å²) in [7, 11) is 0. The number of esters is 1. The Morgan fingerprint density at radius 2 is 2.07 bits per heavy atom. The van der Waals surface area contributed by atoms with E-state index in [1.165, 1.54) is 0 Å². The molecule has 2 nitrogen and oxygen atoms in total. The summed E-state index contributed by atoms with van der Waals surface area (Å²) in [5.74, 6) is -0.381. The van der Waals surface area contributed by atoms with E-state index >= 15 is 0 Å². The molecule has 2 heteroatoms. The van der Waals surface area contributed by atoms with Crippen LogP contribution >= 0.6 is 0 Å². The van der Waals surface area contributed by atoms with Gasteiger partial charge in [-0.3, -0.25) is 4.79 Å². The zero-order chi connectivity index (χ0) is 11.1. The molecule has 0 aliphatic carbocycles. The summed E-state index contributed by atoms with van der Waals surface area (Å²) in [6.45, 7) is 5.49. The van der Waals surface area contributed by atoms with Crippen molar-refractivity contribution in [3.05, 3.63) is 42.5 Å². The Bertz CT molecular complexity index is 293. The van der Waals surface area contributed by atoms with Gasteiger partial charge in [0.25, 0.3) is 0 Å². The van der Waals surface area contributed by atoms with Gasteiger partial charge in [0.15, 0.2) is 0 Å². The van der Waals surface area contributed by atoms with Gasteiger partial charge in [-0.1, -0.05) is 43.7 Å². The average molecular weight is 205 g/mol. The Morgan fingerprint density at radius 3 is 2.67 bits per heavy atom. The number of rotatable bonds is 5. The summed E-state index contributed by atoms with van der Waals surface area (Å²) in [4.78, 5) is 11.6. The molecule has 0 N–H and O–H groups in total. The van der Waals surface area contributed by atoms with Crippen LogP contribution in [-0.4, -0.2) is 5.97 Å². The molecule has 0 aromatic heterocycles. The molecule has 1 aromatic rings. The molecular formula is C13H17O2. The minimum Gasteiger partial charge on any atom is -0.458 e. The smallest absolute Gasteiger partial charge is 0.313 e. The van der Waals surface area contributed by atoms with E-state index in [2.05, 4.69) is 0 Å². The predicted molar refractivity (Wildman–Crippen MR) is 60.2 cm³/mol. The minimum absolute atomic E-state index is 0.186. The second-order valence-corrected chi connectivity index (χ2v) is 3.52. The molecule has 81 valence electrons. The van der Waals surface area contributed by atoms with Crippen molar-refractivity contribution in [2.75, 3.05) is 0 Å². The fraction of sp³-hybridized carbons (Fsp3) is 0.385. The van der Waals surface area contributed by atoms with Crippen molar-refractivity contribution in [2.24, 2.45) is 0 Å². The van der Waals surface area contributed by atoms with Gasteiger partial charge < -0.3 is 4.74 Å². The highest BCUT2D eigenvalue weighted by molar-refractivity contribution is 5.77. The van der Waals surface area contributed by atoms with Crippen LogP contribution in [0.4, 0.5) is 0 Å². The molecule has 0 spiro atoms. The van der Waals surface area contributed by atoms with Crippen LogP contribution in [0, 0.1) is 6.61 Å². The largest absolute Gasteiger partial charge is 0.458 e. The first-order valence-electron chi connectivity index (χ1n) is 5.32. The van der Waals surface area contributed by atoms with Crippen LogP contribution < -0.4 is 0 Å². The lowest BCUT2D eigenvalue weighted by Crippen LogP contribution is -2.11. The molecule has 0 amide bonds. The predicted octanol–water partition coefficient (Wildman–Crippen LogP) is 3.30. The van der Waals surface area contributed by atoms with E-state index in [4.69, 9.17) is 4.74 Å². The summed E-state index contributed by atoms with van der Waals surface area (Å²) >= 11 is 0. The molecule has 0 heterocycles. The van der Waals surface area contributed by atoms with Gasteiger partial charge in [-0.05, 0) is 18.9 Å². The zero-order valence-corrected chi connectivity index (χ0v) is 9.27. The van der Waals surface area contributed by atoms with E-state index in [1.807, 2.05) is 44.2 Å². The van der Waals surface area contributed by atoms with Crippen LogP contribution in [0.15, 0.2) is 30.3 Å². The molecule has 1 aromatic carbocycles. The van der Waals surface area contributed by atoms with Gasteiger partial charge in [0, 0.05) is 0 Å². The third-order valence-electron chi connectivity index (χ3n) is 2.26. The van der Waals surface area contributed by atoms with Crippen LogP contribution in [-0.2, 0) is 9.53 Å². The third-order valence-corrected chi connectivity index (χ3v) is 2.26. The fourth-order valence-electron chi connectivity index (χ4n) is 1.24. The summed E-state index contributed by atoms with van der Waals surface area (Å²) < 4.78 is 5.03. The van der Waals surface area contributed by atoms with E-state index in [0.29, 0.717) is 0 Å². The number of ether oxygens (including phenoxy) is 1. The van der Waals surface area contributed by atoms with Crippen LogP contribution in [0.25, 0.3) is 0 Å². The molecule has 1 unspecified atom stereocenters. The molecule has 0 aliphatic rings. The topological polar surface area (TPSA) is 26.3 Å². The highest BCUT2D eigenvalue weighted by Gasteiger charge is 2.15. The maximum Gasteiger partial charge on any atom is 0.313 e. The molecule has 15 heavy (non-hydrogen) atoms. The van der Waals surface area contributed by atoms with Crippen molar-refractivity contribution in [1.82, 2.24) is 0 Å². The molecule has 0 saturated carbocycles. The number of unbranched alkanes of at least 4 members (excludes halogenated alkanes) is 1. The van der Waals surface area contributed by atoms with Gasteiger partial charge in [0.05, 0.1) is 5.92 Å². The van der Waals surface area contributed by atoms with E-state index in [9.17, 15) is 4.79 Å². The van der Waals surface area contributed by atoms with Crippen LogP contribution in [0.3, 0.4) is 0 Å². The lowest BCUT2D eigenvalue weighted by atomic mass is 10.0. The molecular weight excluding hydrogens is 188 g/mol. The number of hydrogen-bond acceptors (Lipinski definition) is 2. The van der Waals surface area contributed by atoms with Gasteiger partial charge in [-0.25, -0.2) is 0 Å². The first-order valence-corrected chi connectivity index (χ1v) is 5.32. The second-order valence-electron chi connectivity index (χ2n) is 3.52. The van der Waals surface area contributed by atoms with Gasteiger partial charge in [-0.15, -0.1) is 0 Å². The highest BCUT2D eigenvalue weighted by Crippen LogP contribution is 2.16. The molecule has 0 aliphatic heterocycles. The first kappa shape index (κ1) is 11.8. The molecule has 1 radical (unpaired) electrons. The van der Waals surface area contributed by atoms with Gasteiger partial charge in [-0.2, -0.15) is 0 Å². The van der Waals surface area contributed by atoms with Crippen molar-refractivity contribution in [2.45, 2.75) is 32.6 Å². The summed E-state index contributed by atoms with van der Waals surface area (Å²) in [6, 6.07) is 9.66. The zero-order valence-electron chi connectivity index (χ0n) is 9.27. The Morgan fingerprint density at radius 1 is 1.40 bits per heavy atom. The summed E-state index contributed by atoms with van der Waals surface area (Å²) in [6.07, 6.45) is 1.81. The van der Waals surface area contributed by atoms with Crippen molar-refractivity contribution in [3.63, 3.8) is 0 Å². The second kappa shape index (κ2) is 6.23. The summed E-state index contributed by atoms with van der Waals surface area (Å²) in [5.41, 5.74) is 0.993. The highest BCUT2D eigenvalue weighted by atomic mass is 16.5. The fourth-order valence-corrected chi connectivity index (χ4v) is 1.24. The van der Waals surface area contributed by atoms with Crippen molar-refractivity contribution in [3.8, 4) is 0 Å².